The summed E-state index contributed by atoms with van der Waals surface area (Å²) in [6.07, 6.45) is 0. The van der Waals surface area contributed by atoms with Gasteiger partial charge < -0.3 is 15.2 Å². The molecule has 0 saturated heterocycles. The van der Waals surface area contributed by atoms with Gasteiger partial charge in [-0.2, -0.15) is 0 Å². The van der Waals surface area contributed by atoms with Gasteiger partial charge in [0.2, 0.25) is 0 Å². The lowest BCUT2D eigenvalue weighted by atomic mass is 10.2. The summed E-state index contributed by atoms with van der Waals surface area (Å²) >= 11 is 6.01. The van der Waals surface area contributed by atoms with Gasteiger partial charge in [0, 0.05) is 22.3 Å². The van der Waals surface area contributed by atoms with Gasteiger partial charge >= 0.3 is 5.97 Å². The van der Waals surface area contributed by atoms with Crippen LogP contribution in [0, 0.1) is 0 Å². The topological polar surface area (TPSA) is 61.5 Å². The number of esters is 1. The van der Waals surface area contributed by atoms with Crippen LogP contribution in [0.3, 0.4) is 0 Å². The van der Waals surface area contributed by atoms with Crippen molar-refractivity contribution in [3.63, 3.8) is 0 Å². The minimum absolute atomic E-state index is 0.108. The second kappa shape index (κ2) is 6.99. The first-order chi connectivity index (χ1) is 10.1. The molecule has 0 saturated carbocycles. The van der Waals surface area contributed by atoms with Gasteiger partial charge in [0.25, 0.3) is 0 Å². The second-order valence-electron chi connectivity index (χ2n) is 4.39. The summed E-state index contributed by atoms with van der Waals surface area (Å²) in [4.78, 5) is 12.1. The molecule has 2 aromatic carbocycles. The Morgan fingerprint density at radius 1 is 1.24 bits per heavy atom. The molecule has 0 aliphatic heterocycles. The number of carbonyl (C=O) groups is 1. The van der Waals surface area contributed by atoms with Gasteiger partial charge in [-0.25, -0.2) is 4.79 Å². The molecular weight excluding hydrogens is 290 g/mol. The summed E-state index contributed by atoms with van der Waals surface area (Å²) in [5, 5.41) is 0.563. The van der Waals surface area contributed by atoms with Crippen molar-refractivity contribution in [2.24, 2.45) is 0 Å². The highest BCUT2D eigenvalue weighted by Gasteiger charge is 2.11. The smallest absolute Gasteiger partial charge is 0.338 e. The molecule has 0 aromatic heterocycles. The molecule has 21 heavy (non-hydrogen) atoms. The molecule has 2 aromatic rings. The third-order valence-corrected chi connectivity index (χ3v) is 3.16. The highest BCUT2D eigenvalue weighted by atomic mass is 35.5. The third-order valence-electron chi connectivity index (χ3n) is 2.79. The fraction of sp³-hybridized carbons (Fsp3) is 0.188. The predicted molar refractivity (Wildman–Crippen MR) is 82.6 cm³/mol. The van der Waals surface area contributed by atoms with Crippen LogP contribution in [0.5, 0.6) is 5.75 Å². The summed E-state index contributed by atoms with van der Waals surface area (Å²) in [5.74, 6) is 0.0744. The molecule has 0 bridgehead atoms. The van der Waals surface area contributed by atoms with Gasteiger partial charge in [0.05, 0.1) is 12.2 Å². The highest BCUT2D eigenvalue weighted by molar-refractivity contribution is 6.31. The molecule has 0 unspecified atom stereocenters. The van der Waals surface area contributed by atoms with Crippen LogP contribution in [0.4, 0.5) is 5.69 Å². The molecular formula is C16H16ClNO3. The number of rotatable bonds is 5. The van der Waals surface area contributed by atoms with Crippen molar-refractivity contribution < 1.29 is 14.3 Å². The van der Waals surface area contributed by atoms with Crippen molar-refractivity contribution in [3.8, 4) is 5.75 Å². The summed E-state index contributed by atoms with van der Waals surface area (Å²) < 4.78 is 10.6. The number of hydrogen-bond acceptors (Lipinski definition) is 4. The lowest BCUT2D eigenvalue weighted by molar-refractivity contribution is 0.0472. The van der Waals surface area contributed by atoms with Crippen molar-refractivity contribution in [1.82, 2.24) is 0 Å². The third kappa shape index (κ3) is 4.13. The lowest BCUT2D eigenvalue weighted by Gasteiger charge is -2.09. The minimum Gasteiger partial charge on any atom is -0.494 e. The number of halogens is 1. The Balaban J connectivity index is 2.08. The molecule has 0 atom stereocenters. The average molecular weight is 306 g/mol. The number of carbonyl (C=O) groups excluding carboxylic acids is 1. The van der Waals surface area contributed by atoms with Crippen molar-refractivity contribution in [3.05, 3.63) is 58.6 Å². The second-order valence-corrected chi connectivity index (χ2v) is 4.80. The van der Waals surface area contributed by atoms with E-state index in [4.69, 9.17) is 26.8 Å². The Morgan fingerprint density at radius 3 is 2.71 bits per heavy atom. The number of nitrogen functional groups attached to an aromatic ring is 1. The first kappa shape index (κ1) is 15.2. The highest BCUT2D eigenvalue weighted by Crippen LogP contribution is 2.21. The Kier molecular flexibility index (Phi) is 5.06. The van der Waals surface area contributed by atoms with Crippen LogP contribution < -0.4 is 10.5 Å². The lowest BCUT2D eigenvalue weighted by Crippen LogP contribution is -2.07. The zero-order valence-electron chi connectivity index (χ0n) is 11.6. The van der Waals surface area contributed by atoms with E-state index in [-0.39, 0.29) is 6.61 Å². The van der Waals surface area contributed by atoms with E-state index in [1.165, 1.54) is 0 Å². The molecule has 0 aliphatic rings. The molecule has 0 fully saturated rings. The van der Waals surface area contributed by atoms with Gasteiger partial charge in [0.1, 0.15) is 12.4 Å². The normalized spacial score (nSPS) is 10.2. The minimum atomic E-state index is -0.469. The number of hydrogen-bond donors (Lipinski definition) is 1. The SMILES string of the molecule is CCOc1cc(N)cc(C(=O)OCc2ccccc2Cl)c1. The van der Waals surface area contributed by atoms with Crippen molar-refractivity contribution in [1.29, 1.82) is 0 Å². The Morgan fingerprint density at radius 2 is 2.00 bits per heavy atom. The van der Waals surface area contributed by atoms with Crippen LogP contribution in [0.15, 0.2) is 42.5 Å². The molecule has 2 N–H and O–H groups in total. The summed E-state index contributed by atoms with van der Waals surface area (Å²) in [6, 6.07) is 12.0. The predicted octanol–water partition coefficient (Wildman–Crippen LogP) is 3.68. The quantitative estimate of drug-likeness (QED) is 0.676. The standard InChI is InChI=1S/C16H16ClNO3/c1-2-20-14-8-12(7-13(18)9-14)16(19)21-10-11-5-3-4-6-15(11)17/h3-9H,2,10,18H2,1H3. The van der Waals surface area contributed by atoms with Crippen LogP contribution >= 0.6 is 11.6 Å². The van der Waals surface area contributed by atoms with E-state index in [9.17, 15) is 4.79 Å². The van der Waals surface area contributed by atoms with Crippen molar-refractivity contribution in [2.75, 3.05) is 12.3 Å². The Bertz CT molecular complexity index is 643. The van der Waals surface area contributed by atoms with E-state index in [0.717, 1.165) is 5.56 Å². The first-order valence-electron chi connectivity index (χ1n) is 6.54. The summed E-state index contributed by atoms with van der Waals surface area (Å²) in [6.45, 7) is 2.47. The van der Waals surface area contributed by atoms with E-state index in [0.29, 0.717) is 28.6 Å². The summed E-state index contributed by atoms with van der Waals surface area (Å²) in [5.41, 5.74) is 7.30. The van der Waals surface area contributed by atoms with E-state index in [1.54, 1.807) is 30.3 Å². The van der Waals surface area contributed by atoms with Gasteiger partial charge in [-0.3, -0.25) is 0 Å². The molecule has 4 nitrogen and oxygen atoms in total. The fourth-order valence-electron chi connectivity index (χ4n) is 1.83. The largest absolute Gasteiger partial charge is 0.494 e. The monoisotopic (exact) mass is 305 g/mol. The zero-order valence-corrected chi connectivity index (χ0v) is 12.4. The van der Waals surface area contributed by atoms with Crippen LogP contribution in [-0.2, 0) is 11.3 Å². The zero-order chi connectivity index (χ0) is 15.2. The first-order valence-corrected chi connectivity index (χ1v) is 6.92. The maximum atomic E-state index is 12.1. The Labute approximate surface area is 128 Å². The maximum Gasteiger partial charge on any atom is 0.338 e. The van der Waals surface area contributed by atoms with Crippen molar-refractivity contribution >= 4 is 23.3 Å². The van der Waals surface area contributed by atoms with Crippen molar-refractivity contribution in [2.45, 2.75) is 13.5 Å². The van der Waals surface area contributed by atoms with Crippen LogP contribution in [0.1, 0.15) is 22.8 Å². The van der Waals surface area contributed by atoms with Crippen LogP contribution in [0.2, 0.25) is 5.02 Å². The van der Waals surface area contributed by atoms with Gasteiger partial charge in [-0.1, -0.05) is 29.8 Å². The van der Waals surface area contributed by atoms with E-state index in [1.807, 2.05) is 19.1 Å². The Hall–Kier alpha value is -2.20. The molecule has 0 amide bonds. The molecule has 2 rings (SSSR count). The van der Waals surface area contributed by atoms with E-state index < -0.39 is 5.97 Å². The molecule has 0 spiro atoms. The average Bonchev–Trinajstić information content (AvgIpc) is 2.46. The molecule has 0 aliphatic carbocycles. The van der Waals surface area contributed by atoms with Gasteiger partial charge in [-0.05, 0) is 25.1 Å². The van der Waals surface area contributed by atoms with E-state index in [2.05, 4.69) is 0 Å². The van der Waals surface area contributed by atoms with Gasteiger partial charge in [-0.15, -0.1) is 0 Å². The molecule has 5 heteroatoms. The molecule has 0 radical (unpaired) electrons. The molecule has 0 heterocycles. The molecule has 110 valence electrons. The number of nitrogens with two attached hydrogens (primary N) is 1. The summed E-state index contributed by atoms with van der Waals surface area (Å²) in [7, 11) is 0. The number of anilines is 1. The fourth-order valence-corrected chi connectivity index (χ4v) is 2.02. The van der Waals surface area contributed by atoms with Gasteiger partial charge in [0.15, 0.2) is 0 Å². The van der Waals surface area contributed by atoms with Crippen LogP contribution in [-0.4, -0.2) is 12.6 Å². The van der Waals surface area contributed by atoms with Crippen LogP contribution in [0.25, 0.3) is 0 Å². The maximum absolute atomic E-state index is 12.1. The van der Waals surface area contributed by atoms with E-state index >= 15 is 0 Å². The number of benzene rings is 2. The number of ether oxygens (including phenoxy) is 2.